The predicted molar refractivity (Wildman–Crippen MR) is 87.9 cm³/mol. The predicted octanol–water partition coefficient (Wildman–Crippen LogP) is 4.43. The zero-order valence-electron chi connectivity index (χ0n) is 12.0. The average Bonchev–Trinajstić information content (AvgIpc) is 3.05. The average molecular weight is 345 g/mol. The first-order chi connectivity index (χ1) is 9.20. The van der Waals surface area contributed by atoms with Gasteiger partial charge in [0.1, 0.15) is 0 Å². The van der Waals surface area contributed by atoms with Crippen LogP contribution >= 0.6 is 27.3 Å². The van der Waals surface area contributed by atoms with E-state index in [-0.39, 0.29) is 0 Å². The van der Waals surface area contributed by atoms with Crippen LogP contribution in [0.2, 0.25) is 0 Å². The molecule has 1 aromatic rings. The molecule has 0 bridgehead atoms. The molecule has 1 saturated heterocycles. The van der Waals surface area contributed by atoms with Crippen LogP contribution < -0.4 is 5.32 Å². The first-order valence-corrected chi connectivity index (χ1v) is 9.09. The minimum atomic E-state index is 0.533. The molecule has 2 heterocycles. The molecule has 108 valence electrons. The van der Waals surface area contributed by atoms with Crippen molar-refractivity contribution in [3.05, 3.63) is 20.8 Å². The van der Waals surface area contributed by atoms with Crippen LogP contribution in [0.15, 0.2) is 15.9 Å². The summed E-state index contributed by atoms with van der Waals surface area (Å²) in [6.07, 6.45) is 5.24. The van der Waals surface area contributed by atoms with Crippen LogP contribution in [-0.4, -0.2) is 30.6 Å². The number of nitrogens with zero attached hydrogens (tertiary/aromatic N) is 1. The Morgan fingerprint density at radius 3 is 3.00 bits per heavy atom. The smallest absolute Gasteiger partial charge is 0.0414 e. The number of rotatable bonds is 7. The fourth-order valence-electron chi connectivity index (χ4n) is 2.73. The lowest BCUT2D eigenvalue weighted by atomic mass is 10.1. The maximum atomic E-state index is 3.63. The van der Waals surface area contributed by atoms with Gasteiger partial charge in [-0.2, -0.15) is 0 Å². The molecule has 2 nitrogen and oxygen atoms in total. The minimum Gasteiger partial charge on any atom is -0.313 e. The van der Waals surface area contributed by atoms with Crippen molar-refractivity contribution >= 4 is 27.3 Å². The van der Waals surface area contributed by atoms with Gasteiger partial charge in [0.05, 0.1) is 0 Å². The maximum absolute atomic E-state index is 3.63. The molecular weight excluding hydrogens is 320 g/mol. The second-order valence-corrected chi connectivity index (χ2v) is 7.34. The normalized spacial score (nSPS) is 21.2. The molecule has 2 unspecified atom stereocenters. The van der Waals surface area contributed by atoms with Gasteiger partial charge in [0.15, 0.2) is 0 Å². The SMILES string of the molecule is CCCCN(CC1CCCN1)C(C)c1cc(Br)cs1. The summed E-state index contributed by atoms with van der Waals surface area (Å²) in [7, 11) is 0. The number of thiophene rings is 1. The highest BCUT2D eigenvalue weighted by atomic mass is 79.9. The summed E-state index contributed by atoms with van der Waals surface area (Å²) >= 11 is 5.44. The molecule has 1 fully saturated rings. The maximum Gasteiger partial charge on any atom is 0.0414 e. The van der Waals surface area contributed by atoms with Crippen molar-refractivity contribution < 1.29 is 0 Å². The molecule has 0 aromatic carbocycles. The largest absolute Gasteiger partial charge is 0.313 e. The highest BCUT2D eigenvalue weighted by Gasteiger charge is 2.22. The molecule has 0 aliphatic carbocycles. The van der Waals surface area contributed by atoms with Crippen LogP contribution in [-0.2, 0) is 0 Å². The highest BCUT2D eigenvalue weighted by molar-refractivity contribution is 9.10. The molecule has 1 N–H and O–H groups in total. The monoisotopic (exact) mass is 344 g/mol. The molecule has 1 aliphatic heterocycles. The van der Waals surface area contributed by atoms with E-state index in [0.29, 0.717) is 12.1 Å². The van der Waals surface area contributed by atoms with Gasteiger partial charge in [0.25, 0.3) is 0 Å². The zero-order valence-corrected chi connectivity index (χ0v) is 14.4. The Balaban J connectivity index is 1.98. The lowest BCUT2D eigenvalue weighted by Gasteiger charge is -2.31. The molecule has 0 radical (unpaired) electrons. The molecule has 0 saturated carbocycles. The Kier molecular flexibility index (Phi) is 6.33. The van der Waals surface area contributed by atoms with Crippen molar-refractivity contribution in [2.24, 2.45) is 0 Å². The number of hydrogen-bond acceptors (Lipinski definition) is 3. The minimum absolute atomic E-state index is 0.533. The van der Waals surface area contributed by atoms with E-state index in [2.05, 4.69) is 51.4 Å². The Bertz CT molecular complexity index is 374. The van der Waals surface area contributed by atoms with Gasteiger partial charge >= 0.3 is 0 Å². The van der Waals surface area contributed by atoms with Gasteiger partial charge in [-0.3, -0.25) is 4.90 Å². The van der Waals surface area contributed by atoms with Crippen molar-refractivity contribution in [2.75, 3.05) is 19.6 Å². The van der Waals surface area contributed by atoms with E-state index in [1.165, 1.54) is 54.7 Å². The van der Waals surface area contributed by atoms with Crippen molar-refractivity contribution in [3.63, 3.8) is 0 Å². The fraction of sp³-hybridized carbons (Fsp3) is 0.733. The van der Waals surface area contributed by atoms with E-state index in [1.54, 1.807) is 0 Å². The molecule has 2 atom stereocenters. The molecule has 2 rings (SSSR count). The van der Waals surface area contributed by atoms with E-state index < -0.39 is 0 Å². The molecular formula is C15H25BrN2S. The Morgan fingerprint density at radius 2 is 2.42 bits per heavy atom. The third-order valence-corrected chi connectivity index (χ3v) is 5.83. The topological polar surface area (TPSA) is 15.3 Å². The first kappa shape index (κ1) is 15.5. The van der Waals surface area contributed by atoms with Gasteiger partial charge in [-0.1, -0.05) is 13.3 Å². The number of nitrogens with one attached hydrogen (secondary N) is 1. The second-order valence-electron chi connectivity index (χ2n) is 5.49. The molecule has 1 aromatic heterocycles. The van der Waals surface area contributed by atoms with Gasteiger partial charge in [0.2, 0.25) is 0 Å². The summed E-state index contributed by atoms with van der Waals surface area (Å²) in [4.78, 5) is 4.13. The second kappa shape index (κ2) is 7.77. The number of halogens is 1. The third-order valence-electron chi connectivity index (χ3n) is 3.96. The van der Waals surface area contributed by atoms with E-state index in [4.69, 9.17) is 0 Å². The van der Waals surface area contributed by atoms with Crippen LogP contribution in [0.3, 0.4) is 0 Å². The summed E-state index contributed by atoms with van der Waals surface area (Å²) in [6.45, 7) is 8.23. The van der Waals surface area contributed by atoms with Gasteiger partial charge in [-0.25, -0.2) is 0 Å². The molecule has 0 spiro atoms. The summed E-state index contributed by atoms with van der Waals surface area (Å²) < 4.78 is 1.22. The summed E-state index contributed by atoms with van der Waals surface area (Å²) in [6, 6.07) is 3.50. The Labute approximate surface area is 129 Å². The standard InChI is InChI=1S/C15H25BrN2S/c1-3-4-8-18(10-14-6-5-7-17-14)12(2)15-9-13(16)11-19-15/h9,11-12,14,17H,3-8,10H2,1-2H3. The van der Waals surface area contributed by atoms with E-state index >= 15 is 0 Å². The lowest BCUT2D eigenvalue weighted by Crippen LogP contribution is -2.39. The molecule has 19 heavy (non-hydrogen) atoms. The van der Waals surface area contributed by atoms with Gasteiger partial charge in [-0.15, -0.1) is 11.3 Å². The van der Waals surface area contributed by atoms with Crippen LogP contribution in [0, 0.1) is 0 Å². The van der Waals surface area contributed by atoms with Crippen molar-refractivity contribution in [3.8, 4) is 0 Å². The third kappa shape index (κ3) is 4.55. The van der Waals surface area contributed by atoms with E-state index in [0.717, 1.165) is 0 Å². The van der Waals surface area contributed by atoms with Gasteiger partial charge in [0, 0.05) is 33.4 Å². The lowest BCUT2D eigenvalue weighted by molar-refractivity contribution is 0.192. The quantitative estimate of drug-likeness (QED) is 0.787. The van der Waals surface area contributed by atoms with E-state index in [9.17, 15) is 0 Å². The fourth-order valence-corrected chi connectivity index (χ4v) is 4.26. The van der Waals surface area contributed by atoms with Gasteiger partial charge < -0.3 is 5.32 Å². The Morgan fingerprint density at radius 1 is 1.58 bits per heavy atom. The number of hydrogen-bond donors (Lipinski definition) is 1. The molecule has 0 amide bonds. The van der Waals surface area contributed by atoms with Gasteiger partial charge in [-0.05, 0) is 61.3 Å². The van der Waals surface area contributed by atoms with Crippen molar-refractivity contribution in [2.45, 2.75) is 51.6 Å². The van der Waals surface area contributed by atoms with Crippen LogP contribution in [0.5, 0.6) is 0 Å². The summed E-state index contributed by atoms with van der Waals surface area (Å²) in [5.41, 5.74) is 0. The van der Waals surface area contributed by atoms with Crippen LogP contribution in [0.4, 0.5) is 0 Å². The summed E-state index contributed by atoms with van der Waals surface area (Å²) in [5, 5.41) is 5.82. The first-order valence-electron chi connectivity index (χ1n) is 7.42. The Hall–Kier alpha value is 0.1000. The number of unbranched alkanes of at least 4 members (excludes halogenated alkanes) is 1. The zero-order chi connectivity index (χ0) is 13.7. The van der Waals surface area contributed by atoms with E-state index in [1.807, 2.05) is 11.3 Å². The highest BCUT2D eigenvalue weighted by Crippen LogP contribution is 2.30. The van der Waals surface area contributed by atoms with Crippen molar-refractivity contribution in [1.82, 2.24) is 10.2 Å². The molecule has 4 heteroatoms. The molecule has 1 aliphatic rings. The van der Waals surface area contributed by atoms with Crippen molar-refractivity contribution in [1.29, 1.82) is 0 Å². The van der Waals surface area contributed by atoms with Crippen LogP contribution in [0.1, 0.15) is 50.4 Å². The summed E-state index contributed by atoms with van der Waals surface area (Å²) in [5.74, 6) is 0. The van der Waals surface area contributed by atoms with Crippen LogP contribution in [0.25, 0.3) is 0 Å².